The summed E-state index contributed by atoms with van der Waals surface area (Å²) in [6, 6.07) is 1.37. The van der Waals surface area contributed by atoms with Crippen LogP contribution in [0.5, 0.6) is 0 Å². The molecule has 1 aliphatic rings. The molecule has 0 saturated heterocycles. The summed E-state index contributed by atoms with van der Waals surface area (Å²) in [6.07, 6.45) is 6.73. The number of carboxylic acids is 1. The lowest BCUT2D eigenvalue weighted by Gasteiger charge is -2.35. The molecule has 0 bridgehead atoms. The maximum Gasteiger partial charge on any atom is 0.339 e. The zero-order valence-corrected chi connectivity index (χ0v) is 11.1. The van der Waals surface area contributed by atoms with Crippen molar-refractivity contribution in [3.63, 3.8) is 0 Å². The van der Waals surface area contributed by atoms with Crippen LogP contribution in [-0.4, -0.2) is 28.6 Å². The van der Waals surface area contributed by atoms with Gasteiger partial charge in [0, 0.05) is 12.6 Å². The van der Waals surface area contributed by atoms with Gasteiger partial charge in [-0.1, -0.05) is 19.3 Å². The summed E-state index contributed by atoms with van der Waals surface area (Å²) in [5.41, 5.74) is -0.0487. The molecule has 1 saturated carbocycles. The third kappa shape index (κ3) is 3.03. The molecule has 2 rings (SSSR count). The molecule has 0 radical (unpaired) electrons. The number of anilines is 1. The van der Waals surface area contributed by atoms with Crippen LogP contribution < -0.4 is 4.90 Å². The van der Waals surface area contributed by atoms with Crippen molar-refractivity contribution in [3.05, 3.63) is 23.6 Å². The molecule has 0 spiro atoms. The Kier molecular flexibility index (Phi) is 4.35. The number of rotatable bonds is 4. The molecule has 4 nitrogen and oxygen atoms in total. The predicted octanol–water partition coefficient (Wildman–Crippen LogP) is 3.08. The van der Waals surface area contributed by atoms with Crippen LogP contribution in [0, 0.1) is 5.82 Å². The van der Waals surface area contributed by atoms with Gasteiger partial charge in [0.05, 0.1) is 6.20 Å². The highest BCUT2D eigenvalue weighted by Crippen LogP contribution is 2.28. The Hall–Kier alpha value is -1.65. The predicted molar refractivity (Wildman–Crippen MR) is 71.0 cm³/mol. The average Bonchev–Trinajstić information content (AvgIpc) is 2.42. The fraction of sp³-hybridized carbons (Fsp3) is 0.571. The first-order valence-corrected chi connectivity index (χ1v) is 6.79. The maximum atomic E-state index is 13.2. The molecule has 0 amide bonds. The molecular weight excluding hydrogens is 247 g/mol. The Morgan fingerprint density at radius 2 is 2.16 bits per heavy atom. The van der Waals surface area contributed by atoms with Crippen LogP contribution in [0.15, 0.2) is 12.3 Å². The molecule has 1 aliphatic carbocycles. The summed E-state index contributed by atoms with van der Waals surface area (Å²) < 4.78 is 13.2. The lowest BCUT2D eigenvalue weighted by Crippen LogP contribution is -2.38. The van der Waals surface area contributed by atoms with Crippen molar-refractivity contribution >= 4 is 11.8 Å². The SMILES string of the molecule is CCN(c1ncc(F)cc1C(=O)O)C1CCCCC1. The second-order valence-electron chi connectivity index (χ2n) is 4.91. The third-order valence-electron chi connectivity index (χ3n) is 3.69. The van der Waals surface area contributed by atoms with E-state index in [1.807, 2.05) is 11.8 Å². The zero-order valence-electron chi connectivity index (χ0n) is 11.1. The lowest BCUT2D eigenvalue weighted by atomic mass is 9.94. The number of aromatic nitrogens is 1. The number of nitrogens with zero attached hydrogens (tertiary/aromatic N) is 2. The fourth-order valence-corrected chi connectivity index (χ4v) is 2.79. The smallest absolute Gasteiger partial charge is 0.339 e. The molecule has 1 aromatic rings. The van der Waals surface area contributed by atoms with Crippen LogP contribution in [0.4, 0.5) is 10.2 Å². The number of hydrogen-bond donors (Lipinski definition) is 1. The minimum atomic E-state index is -1.13. The third-order valence-corrected chi connectivity index (χ3v) is 3.69. The highest BCUT2D eigenvalue weighted by atomic mass is 19.1. The van der Waals surface area contributed by atoms with Crippen molar-refractivity contribution in [1.29, 1.82) is 0 Å². The Labute approximate surface area is 112 Å². The van der Waals surface area contributed by atoms with E-state index in [9.17, 15) is 14.3 Å². The van der Waals surface area contributed by atoms with Gasteiger partial charge in [-0.25, -0.2) is 14.2 Å². The van der Waals surface area contributed by atoms with Crippen molar-refractivity contribution in [2.24, 2.45) is 0 Å². The van der Waals surface area contributed by atoms with Crippen molar-refractivity contribution in [3.8, 4) is 0 Å². The van der Waals surface area contributed by atoms with Crippen molar-refractivity contribution in [1.82, 2.24) is 4.98 Å². The molecule has 0 aromatic carbocycles. The van der Waals surface area contributed by atoms with E-state index >= 15 is 0 Å². The molecular formula is C14H19FN2O2. The first kappa shape index (κ1) is 13.8. The molecule has 0 aliphatic heterocycles. The molecule has 19 heavy (non-hydrogen) atoms. The van der Waals surface area contributed by atoms with Crippen LogP contribution in [0.1, 0.15) is 49.4 Å². The van der Waals surface area contributed by atoms with Crippen LogP contribution in [-0.2, 0) is 0 Å². The van der Waals surface area contributed by atoms with Gasteiger partial charge in [0.15, 0.2) is 0 Å². The maximum absolute atomic E-state index is 13.2. The first-order chi connectivity index (χ1) is 9.13. The van der Waals surface area contributed by atoms with Crippen molar-refractivity contribution in [2.75, 3.05) is 11.4 Å². The number of pyridine rings is 1. The molecule has 5 heteroatoms. The monoisotopic (exact) mass is 266 g/mol. The van der Waals surface area contributed by atoms with E-state index < -0.39 is 11.8 Å². The summed E-state index contributed by atoms with van der Waals surface area (Å²) in [5.74, 6) is -1.35. The molecule has 0 unspecified atom stereocenters. The molecule has 1 aromatic heterocycles. The van der Waals surface area contributed by atoms with E-state index in [0.29, 0.717) is 18.4 Å². The zero-order chi connectivity index (χ0) is 13.8. The molecule has 1 N–H and O–H groups in total. The van der Waals surface area contributed by atoms with Gasteiger partial charge in [0.2, 0.25) is 0 Å². The van der Waals surface area contributed by atoms with Crippen molar-refractivity contribution in [2.45, 2.75) is 45.1 Å². The van der Waals surface area contributed by atoms with E-state index in [4.69, 9.17) is 0 Å². The Morgan fingerprint density at radius 1 is 1.47 bits per heavy atom. The summed E-state index contributed by atoms with van der Waals surface area (Å²) in [5, 5.41) is 9.20. The van der Waals surface area contributed by atoms with E-state index in [2.05, 4.69) is 4.98 Å². The summed E-state index contributed by atoms with van der Waals surface area (Å²) in [7, 11) is 0. The van der Waals surface area contributed by atoms with Gasteiger partial charge in [0.1, 0.15) is 17.2 Å². The Bertz CT molecular complexity index is 459. The molecule has 0 atom stereocenters. The number of aromatic carboxylic acids is 1. The van der Waals surface area contributed by atoms with Gasteiger partial charge in [-0.3, -0.25) is 0 Å². The quantitative estimate of drug-likeness (QED) is 0.910. The highest BCUT2D eigenvalue weighted by Gasteiger charge is 2.25. The Morgan fingerprint density at radius 3 is 2.74 bits per heavy atom. The van der Waals surface area contributed by atoms with Crippen LogP contribution in [0.2, 0.25) is 0 Å². The lowest BCUT2D eigenvalue weighted by molar-refractivity contribution is 0.0696. The highest BCUT2D eigenvalue weighted by molar-refractivity contribution is 5.93. The molecule has 1 heterocycles. The number of carboxylic acid groups (broad SMARTS) is 1. The largest absolute Gasteiger partial charge is 0.478 e. The van der Waals surface area contributed by atoms with E-state index in [1.54, 1.807) is 0 Å². The van der Waals surface area contributed by atoms with Gasteiger partial charge in [-0.2, -0.15) is 0 Å². The summed E-state index contributed by atoms with van der Waals surface area (Å²) in [6.45, 7) is 2.66. The van der Waals surface area contributed by atoms with Gasteiger partial charge in [-0.15, -0.1) is 0 Å². The van der Waals surface area contributed by atoms with Gasteiger partial charge >= 0.3 is 5.97 Å². The van der Waals surface area contributed by atoms with Crippen molar-refractivity contribution < 1.29 is 14.3 Å². The van der Waals surface area contributed by atoms with Gasteiger partial charge < -0.3 is 10.0 Å². The topological polar surface area (TPSA) is 53.4 Å². The number of carbonyl (C=O) groups is 1. The minimum absolute atomic E-state index is 0.0487. The summed E-state index contributed by atoms with van der Waals surface area (Å²) in [4.78, 5) is 17.3. The fourth-order valence-electron chi connectivity index (χ4n) is 2.79. The second kappa shape index (κ2) is 5.99. The number of hydrogen-bond acceptors (Lipinski definition) is 3. The standard InChI is InChI=1S/C14H19FN2O2/c1-2-17(11-6-4-3-5-7-11)13-12(14(18)19)8-10(15)9-16-13/h8-9,11H,2-7H2,1H3,(H,18,19). The van der Waals surface area contributed by atoms with Crippen LogP contribution in [0.25, 0.3) is 0 Å². The van der Waals surface area contributed by atoms with E-state index in [0.717, 1.165) is 37.9 Å². The summed E-state index contributed by atoms with van der Waals surface area (Å²) >= 11 is 0. The number of halogens is 1. The average molecular weight is 266 g/mol. The molecule has 1 fully saturated rings. The molecule has 104 valence electrons. The van der Waals surface area contributed by atoms with Crippen LogP contribution >= 0.6 is 0 Å². The van der Waals surface area contributed by atoms with E-state index in [1.165, 1.54) is 6.42 Å². The van der Waals surface area contributed by atoms with Gasteiger partial charge in [-0.05, 0) is 25.8 Å². The van der Waals surface area contributed by atoms with Gasteiger partial charge in [0.25, 0.3) is 0 Å². The minimum Gasteiger partial charge on any atom is -0.478 e. The van der Waals surface area contributed by atoms with Crippen LogP contribution in [0.3, 0.4) is 0 Å². The normalized spacial score (nSPS) is 16.3. The first-order valence-electron chi connectivity index (χ1n) is 6.79. The Balaban J connectivity index is 2.34. The van der Waals surface area contributed by atoms with E-state index in [-0.39, 0.29) is 5.56 Å². The second-order valence-corrected chi connectivity index (χ2v) is 4.91.